The van der Waals surface area contributed by atoms with Gasteiger partial charge < -0.3 is 18.9 Å². The number of ether oxygens (including phenoxy) is 4. The van der Waals surface area contributed by atoms with Crippen molar-refractivity contribution >= 4 is 34.2 Å². The lowest BCUT2D eigenvalue weighted by molar-refractivity contribution is -0.139. The van der Waals surface area contributed by atoms with E-state index in [1.165, 1.54) is 11.3 Å². The van der Waals surface area contributed by atoms with Crippen molar-refractivity contribution in [1.82, 2.24) is 4.57 Å². The average Bonchev–Trinajstić information content (AvgIpc) is 3.38. The zero-order valence-electron chi connectivity index (χ0n) is 26.1. The lowest BCUT2D eigenvalue weighted by Crippen LogP contribution is -2.40. The van der Waals surface area contributed by atoms with Crippen LogP contribution in [0, 0.1) is 0 Å². The quantitative estimate of drug-likeness (QED) is 0.177. The van der Waals surface area contributed by atoms with Crippen LogP contribution in [0.4, 0.5) is 0 Å². The summed E-state index contributed by atoms with van der Waals surface area (Å²) in [5, 5.41) is 1.97. The summed E-state index contributed by atoms with van der Waals surface area (Å²) in [6.07, 6.45) is 1.86. The molecule has 9 heteroatoms. The molecule has 1 atom stereocenters. The molecule has 6 rings (SSSR count). The minimum absolute atomic E-state index is 0.177. The van der Waals surface area contributed by atoms with Crippen LogP contribution < -0.4 is 29.1 Å². The van der Waals surface area contributed by atoms with Crippen LogP contribution in [-0.4, -0.2) is 30.9 Å². The second kappa shape index (κ2) is 13.5. The number of rotatable bonds is 10. The molecule has 0 bridgehead atoms. The molecular weight excluding hydrogens is 600 g/mol. The first-order chi connectivity index (χ1) is 22.4. The van der Waals surface area contributed by atoms with Crippen LogP contribution in [0.15, 0.2) is 106 Å². The van der Waals surface area contributed by atoms with E-state index >= 15 is 0 Å². The van der Waals surface area contributed by atoms with E-state index in [0.717, 1.165) is 21.9 Å². The molecule has 8 nitrogen and oxygen atoms in total. The molecule has 4 aromatic carbocycles. The number of allylic oxidation sites excluding steroid dienone is 1. The Balaban J connectivity index is 1.57. The van der Waals surface area contributed by atoms with Crippen molar-refractivity contribution in [3.8, 4) is 17.2 Å². The molecule has 0 spiro atoms. The van der Waals surface area contributed by atoms with Gasteiger partial charge in [0.25, 0.3) is 5.56 Å². The van der Waals surface area contributed by atoms with Crippen molar-refractivity contribution in [2.24, 2.45) is 4.99 Å². The highest BCUT2D eigenvalue weighted by atomic mass is 32.1. The number of aromatic nitrogens is 1. The molecule has 0 fully saturated rings. The highest BCUT2D eigenvalue weighted by Crippen LogP contribution is 2.41. The monoisotopic (exact) mass is 634 g/mol. The summed E-state index contributed by atoms with van der Waals surface area (Å²) >= 11 is 1.26. The fourth-order valence-corrected chi connectivity index (χ4v) is 6.74. The summed E-state index contributed by atoms with van der Waals surface area (Å²) in [7, 11) is 1.56. The maximum Gasteiger partial charge on any atom is 0.338 e. The van der Waals surface area contributed by atoms with E-state index in [2.05, 4.69) is 0 Å². The number of para-hydroxylation sites is 1. The predicted molar refractivity (Wildman–Crippen MR) is 179 cm³/mol. The Morgan fingerprint density at radius 2 is 1.70 bits per heavy atom. The number of nitrogens with zero attached hydrogens (tertiary/aromatic N) is 2. The van der Waals surface area contributed by atoms with Crippen LogP contribution in [-0.2, 0) is 16.1 Å². The van der Waals surface area contributed by atoms with Crippen LogP contribution in [0.5, 0.6) is 17.2 Å². The molecule has 234 valence electrons. The number of benzene rings is 4. The van der Waals surface area contributed by atoms with Crippen LogP contribution in [0.2, 0.25) is 0 Å². The van der Waals surface area contributed by atoms with Gasteiger partial charge in [-0.1, -0.05) is 84.1 Å². The van der Waals surface area contributed by atoms with Gasteiger partial charge in [-0.25, -0.2) is 9.79 Å². The van der Waals surface area contributed by atoms with Gasteiger partial charge in [0.2, 0.25) is 0 Å². The van der Waals surface area contributed by atoms with Gasteiger partial charge in [0.05, 0.1) is 36.1 Å². The minimum atomic E-state index is -0.851. The summed E-state index contributed by atoms with van der Waals surface area (Å²) in [6, 6.07) is 26.5. The summed E-state index contributed by atoms with van der Waals surface area (Å²) in [6.45, 7) is 6.29. The SMILES string of the molecule is CCOC(=O)C1=C(C)N=c2s/c(=C/c3c(OCc4ccccc4)ccc4ccccc34)c(=O)n2[C@@H]1c1cccc(OC)c1OCC. The lowest BCUT2D eigenvalue weighted by atomic mass is 9.94. The smallest absolute Gasteiger partial charge is 0.338 e. The third-order valence-electron chi connectivity index (χ3n) is 7.77. The Morgan fingerprint density at radius 1 is 0.913 bits per heavy atom. The fraction of sp³-hybridized carbons (Fsp3) is 0.216. The second-order valence-corrected chi connectivity index (χ2v) is 11.6. The van der Waals surface area contributed by atoms with Gasteiger partial charge >= 0.3 is 5.97 Å². The number of carbonyl (C=O) groups is 1. The number of esters is 1. The Bertz CT molecular complexity index is 2130. The van der Waals surface area contributed by atoms with Crippen molar-refractivity contribution in [1.29, 1.82) is 0 Å². The summed E-state index contributed by atoms with van der Waals surface area (Å²) < 4.78 is 25.5. The van der Waals surface area contributed by atoms with Crippen molar-refractivity contribution < 1.29 is 23.7 Å². The van der Waals surface area contributed by atoms with Crippen LogP contribution in [0.25, 0.3) is 16.8 Å². The first-order valence-corrected chi connectivity index (χ1v) is 15.9. The molecule has 1 aliphatic heterocycles. The summed E-state index contributed by atoms with van der Waals surface area (Å²) in [5.74, 6) is 1.06. The number of hydrogen-bond acceptors (Lipinski definition) is 8. The zero-order chi connectivity index (χ0) is 32.2. The van der Waals surface area contributed by atoms with E-state index in [0.29, 0.717) is 51.1 Å². The van der Waals surface area contributed by atoms with Gasteiger partial charge in [0.15, 0.2) is 16.3 Å². The third-order valence-corrected chi connectivity index (χ3v) is 8.76. The van der Waals surface area contributed by atoms with Crippen LogP contribution >= 0.6 is 11.3 Å². The molecule has 1 aliphatic rings. The Morgan fingerprint density at radius 3 is 2.46 bits per heavy atom. The lowest BCUT2D eigenvalue weighted by Gasteiger charge is -2.26. The van der Waals surface area contributed by atoms with Crippen LogP contribution in [0.1, 0.15) is 43.5 Å². The van der Waals surface area contributed by atoms with E-state index < -0.39 is 12.0 Å². The first-order valence-electron chi connectivity index (χ1n) is 15.1. The maximum absolute atomic E-state index is 14.5. The number of methoxy groups -OCH3 is 1. The van der Waals surface area contributed by atoms with Gasteiger partial charge in [0.1, 0.15) is 18.4 Å². The number of hydrogen-bond donors (Lipinski definition) is 0. The molecule has 0 unspecified atom stereocenters. The molecule has 0 saturated heterocycles. The summed E-state index contributed by atoms with van der Waals surface area (Å²) in [4.78, 5) is 33.2. The minimum Gasteiger partial charge on any atom is -0.493 e. The molecule has 0 aliphatic carbocycles. The van der Waals surface area contributed by atoms with E-state index in [4.69, 9.17) is 23.9 Å². The Labute approximate surface area is 270 Å². The molecular formula is C37H34N2O6S. The fourth-order valence-electron chi connectivity index (χ4n) is 5.71. The average molecular weight is 635 g/mol. The van der Waals surface area contributed by atoms with E-state index in [1.807, 2.05) is 91.9 Å². The van der Waals surface area contributed by atoms with Crippen molar-refractivity contribution in [3.63, 3.8) is 0 Å². The number of fused-ring (bicyclic) bond motifs is 2. The summed E-state index contributed by atoms with van der Waals surface area (Å²) in [5.41, 5.74) is 2.86. The standard InChI is InChI=1S/C37H34N2O6S/c1-5-43-34-27(17-12-18-30(34)42-4)33-32(36(41)44-6-2)23(3)38-37-39(33)35(40)31(46-37)21-28-26-16-11-10-15-25(26)19-20-29(28)45-22-24-13-8-7-9-14-24/h7-21,33H,5-6,22H2,1-4H3/b31-21+/t33-/m1/s1. The molecule has 0 saturated carbocycles. The molecule has 2 heterocycles. The normalized spacial score (nSPS) is 14.5. The molecule has 46 heavy (non-hydrogen) atoms. The van der Waals surface area contributed by atoms with Crippen molar-refractivity contribution in [2.45, 2.75) is 33.4 Å². The van der Waals surface area contributed by atoms with Gasteiger partial charge in [-0.15, -0.1) is 0 Å². The van der Waals surface area contributed by atoms with Gasteiger partial charge in [-0.3, -0.25) is 9.36 Å². The third kappa shape index (κ3) is 5.81. The van der Waals surface area contributed by atoms with Crippen LogP contribution in [0.3, 0.4) is 0 Å². The number of thiazole rings is 1. The highest BCUT2D eigenvalue weighted by molar-refractivity contribution is 7.07. The highest BCUT2D eigenvalue weighted by Gasteiger charge is 2.36. The molecule has 1 aromatic heterocycles. The number of carbonyl (C=O) groups excluding carboxylic acids is 1. The van der Waals surface area contributed by atoms with Gasteiger partial charge in [-0.2, -0.15) is 0 Å². The Hall–Kier alpha value is -5.15. The maximum atomic E-state index is 14.5. The van der Waals surface area contributed by atoms with Gasteiger partial charge in [0, 0.05) is 11.1 Å². The molecule has 0 amide bonds. The first kappa shape index (κ1) is 30.9. The molecule has 5 aromatic rings. The van der Waals surface area contributed by atoms with E-state index in [1.54, 1.807) is 31.6 Å². The van der Waals surface area contributed by atoms with Crippen molar-refractivity contribution in [3.05, 3.63) is 133 Å². The van der Waals surface area contributed by atoms with E-state index in [9.17, 15) is 9.59 Å². The van der Waals surface area contributed by atoms with Gasteiger partial charge in [-0.05, 0) is 55.3 Å². The topological polar surface area (TPSA) is 88.4 Å². The van der Waals surface area contributed by atoms with Crippen molar-refractivity contribution in [2.75, 3.05) is 20.3 Å². The Kier molecular flexibility index (Phi) is 9.03. The predicted octanol–water partition coefficient (Wildman–Crippen LogP) is 5.94. The molecule has 0 N–H and O–H groups in total. The molecule has 0 radical (unpaired) electrons. The zero-order valence-corrected chi connectivity index (χ0v) is 26.9. The largest absolute Gasteiger partial charge is 0.493 e. The second-order valence-electron chi connectivity index (χ2n) is 10.6. The van der Waals surface area contributed by atoms with E-state index in [-0.39, 0.29) is 17.7 Å².